The van der Waals surface area contributed by atoms with E-state index in [9.17, 15) is 9.59 Å². The highest BCUT2D eigenvalue weighted by Gasteiger charge is 2.01. The van der Waals surface area contributed by atoms with Crippen LogP contribution in [0.3, 0.4) is 0 Å². The van der Waals surface area contributed by atoms with E-state index in [1.54, 1.807) is 6.08 Å². The molecule has 17 heavy (non-hydrogen) atoms. The minimum atomic E-state index is -0.424. The second-order valence-electron chi connectivity index (χ2n) is 3.34. The first kappa shape index (κ1) is 13.0. The van der Waals surface area contributed by atoms with Crippen LogP contribution in [0, 0.1) is 0 Å². The summed E-state index contributed by atoms with van der Waals surface area (Å²) >= 11 is 0. The van der Waals surface area contributed by atoms with Crippen LogP contribution in [-0.4, -0.2) is 19.0 Å². The van der Waals surface area contributed by atoms with Gasteiger partial charge in [0.25, 0.3) is 0 Å². The van der Waals surface area contributed by atoms with E-state index in [1.807, 2.05) is 24.3 Å². The number of ether oxygens (including phenoxy) is 2. The highest BCUT2D eigenvalue weighted by Crippen LogP contribution is 2.12. The van der Waals surface area contributed by atoms with E-state index in [-0.39, 0.29) is 12.6 Å². The lowest BCUT2D eigenvalue weighted by Crippen LogP contribution is -2.00. The fraction of sp³-hybridized carbons (Fsp3) is 0.231. The van der Waals surface area contributed by atoms with Gasteiger partial charge in [0.15, 0.2) is 0 Å². The third-order valence-corrected chi connectivity index (χ3v) is 2.09. The molecule has 0 fully saturated rings. The third kappa shape index (κ3) is 4.51. The van der Waals surface area contributed by atoms with Crippen LogP contribution in [0.15, 0.2) is 30.3 Å². The Labute approximate surface area is 99.8 Å². The third-order valence-electron chi connectivity index (χ3n) is 2.09. The Morgan fingerprint density at radius 3 is 2.65 bits per heavy atom. The first-order chi connectivity index (χ1) is 8.13. The van der Waals surface area contributed by atoms with E-state index < -0.39 is 5.97 Å². The average molecular weight is 234 g/mol. The Morgan fingerprint density at radius 1 is 1.29 bits per heavy atom. The zero-order chi connectivity index (χ0) is 12.7. The fourth-order valence-corrected chi connectivity index (χ4v) is 1.23. The Kier molecular flexibility index (Phi) is 4.94. The number of hydrogen-bond acceptors (Lipinski definition) is 4. The van der Waals surface area contributed by atoms with Gasteiger partial charge in [-0.25, -0.2) is 4.79 Å². The predicted octanol–water partition coefficient (Wildman–Crippen LogP) is 1.94. The van der Waals surface area contributed by atoms with Gasteiger partial charge in [-0.15, -0.1) is 0 Å². The standard InChI is InChI=1S/C13H14O4/c1-10(14)17-9-12-6-4-3-5-11(12)7-8-13(15)16-2/h3-8H,9H2,1-2H3/b8-7+. The summed E-state index contributed by atoms with van der Waals surface area (Å²) in [4.78, 5) is 21.7. The van der Waals surface area contributed by atoms with E-state index in [0.29, 0.717) is 0 Å². The molecule has 4 nitrogen and oxygen atoms in total. The van der Waals surface area contributed by atoms with Crippen molar-refractivity contribution in [2.24, 2.45) is 0 Å². The topological polar surface area (TPSA) is 52.6 Å². The molecule has 0 aliphatic rings. The number of carbonyl (C=O) groups excluding carboxylic acids is 2. The highest BCUT2D eigenvalue weighted by molar-refractivity contribution is 5.87. The minimum Gasteiger partial charge on any atom is -0.466 e. The second-order valence-corrected chi connectivity index (χ2v) is 3.34. The van der Waals surface area contributed by atoms with E-state index in [1.165, 1.54) is 20.1 Å². The predicted molar refractivity (Wildman–Crippen MR) is 63.0 cm³/mol. The first-order valence-electron chi connectivity index (χ1n) is 5.11. The number of hydrogen-bond donors (Lipinski definition) is 0. The lowest BCUT2D eigenvalue weighted by molar-refractivity contribution is -0.142. The van der Waals surface area contributed by atoms with Gasteiger partial charge in [-0.2, -0.15) is 0 Å². The van der Waals surface area contributed by atoms with E-state index in [0.717, 1.165) is 11.1 Å². The second kappa shape index (κ2) is 6.48. The van der Waals surface area contributed by atoms with Gasteiger partial charge < -0.3 is 9.47 Å². The van der Waals surface area contributed by atoms with Crippen LogP contribution in [0.5, 0.6) is 0 Å². The number of rotatable bonds is 4. The number of methoxy groups -OCH3 is 1. The van der Waals surface area contributed by atoms with E-state index >= 15 is 0 Å². The molecule has 0 unspecified atom stereocenters. The molecule has 1 aromatic carbocycles. The maximum atomic E-state index is 11.0. The monoisotopic (exact) mass is 234 g/mol. The van der Waals surface area contributed by atoms with Crippen LogP contribution in [0.1, 0.15) is 18.1 Å². The number of esters is 2. The van der Waals surface area contributed by atoms with Gasteiger partial charge in [0.1, 0.15) is 6.61 Å². The molecule has 0 heterocycles. The lowest BCUT2D eigenvalue weighted by Gasteiger charge is -2.05. The van der Waals surface area contributed by atoms with Crippen LogP contribution < -0.4 is 0 Å². The molecule has 0 bridgehead atoms. The van der Waals surface area contributed by atoms with Crippen molar-refractivity contribution in [1.82, 2.24) is 0 Å². The Hall–Kier alpha value is -2.10. The van der Waals surface area contributed by atoms with Crippen LogP contribution in [0.2, 0.25) is 0 Å². The summed E-state index contributed by atoms with van der Waals surface area (Å²) in [7, 11) is 1.32. The summed E-state index contributed by atoms with van der Waals surface area (Å²) in [6.07, 6.45) is 2.96. The largest absolute Gasteiger partial charge is 0.466 e. The molecule has 0 amide bonds. The molecule has 0 saturated heterocycles. The van der Waals surface area contributed by atoms with Gasteiger partial charge in [0, 0.05) is 13.0 Å². The smallest absolute Gasteiger partial charge is 0.330 e. The maximum Gasteiger partial charge on any atom is 0.330 e. The van der Waals surface area contributed by atoms with Gasteiger partial charge in [0.05, 0.1) is 7.11 Å². The van der Waals surface area contributed by atoms with Gasteiger partial charge in [-0.1, -0.05) is 24.3 Å². The summed E-state index contributed by atoms with van der Waals surface area (Å²) in [5.41, 5.74) is 1.65. The lowest BCUT2D eigenvalue weighted by atomic mass is 10.1. The Morgan fingerprint density at radius 2 is 2.00 bits per heavy atom. The zero-order valence-electron chi connectivity index (χ0n) is 9.80. The van der Waals surface area contributed by atoms with Crippen LogP contribution in [-0.2, 0) is 25.7 Å². The van der Waals surface area contributed by atoms with Crippen molar-refractivity contribution in [3.05, 3.63) is 41.5 Å². The summed E-state index contributed by atoms with van der Waals surface area (Å²) in [5.74, 6) is -0.760. The van der Waals surface area contributed by atoms with Crippen LogP contribution >= 0.6 is 0 Å². The molecule has 1 aromatic rings. The van der Waals surface area contributed by atoms with Gasteiger partial charge in [-0.05, 0) is 17.2 Å². The molecule has 0 aliphatic heterocycles. The Bertz CT molecular complexity index is 435. The first-order valence-corrected chi connectivity index (χ1v) is 5.11. The van der Waals surface area contributed by atoms with Crippen molar-refractivity contribution in [3.63, 3.8) is 0 Å². The van der Waals surface area contributed by atoms with E-state index in [4.69, 9.17) is 4.74 Å². The maximum absolute atomic E-state index is 11.0. The summed E-state index contributed by atoms with van der Waals surface area (Å²) in [6.45, 7) is 1.55. The molecular weight excluding hydrogens is 220 g/mol. The minimum absolute atomic E-state index is 0.191. The van der Waals surface area contributed by atoms with Crippen molar-refractivity contribution >= 4 is 18.0 Å². The molecule has 90 valence electrons. The molecule has 1 rings (SSSR count). The van der Waals surface area contributed by atoms with Crippen LogP contribution in [0.4, 0.5) is 0 Å². The zero-order valence-corrected chi connectivity index (χ0v) is 9.80. The number of benzene rings is 1. The molecule has 0 N–H and O–H groups in total. The van der Waals surface area contributed by atoms with Crippen molar-refractivity contribution in [2.45, 2.75) is 13.5 Å². The van der Waals surface area contributed by atoms with Crippen LogP contribution in [0.25, 0.3) is 6.08 Å². The molecule has 0 aliphatic carbocycles. The van der Waals surface area contributed by atoms with E-state index in [2.05, 4.69) is 4.74 Å². The quantitative estimate of drug-likeness (QED) is 0.590. The van der Waals surface area contributed by atoms with Gasteiger partial charge in [-0.3, -0.25) is 4.79 Å². The molecule has 0 saturated carbocycles. The Balaban J connectivity index is 2.80. The molecule has 0 spiro atoms. The molecular formula is C13H14O4. The van der Waals surface area contributed by atoms with Crippen molar-refractivity contribution in [2.75, 3.05) is 7.11 Å². The fourth-order valence-electron chi connectivity index (χ4n) is 1.23. The summed E-state index contributed by atoms with van der Waals surface area (Å²) < 4.78 is 9.41. The van der Waals surface area contributed by atoms with Gasteiger partial charge in [0.2, 0.25) is 0 Å². The van der Waals surface area contributed by atoms with Crippen molar-refractivity contribution in [1.29, 1.82) is 0 Å². The average Bonchev–Trinajstić information content (AvgIpc) is 2.34. The normalized spacial score (nSPS) is 10.2. The molecule has 0 atom stereocenters. The molecule has 4 heteroatoms. The van der Waals surface area contributed by atoms with Crippen molar-refractivity contribution < 1.29 is 19.1 Å². The summed E-state index contributed by atoms with van der Waals surface area (Å²) in [5, 5.41) is 0. The molecule has 0 aromatic heterocycles. The number of carbonyl (C=O) groups is 2. The molecule has 0 radical (unpaired) electrons. The SMILES string of the molecule is COC(=O)/C=C/c1ccccc1COC(C)=O. The van der Waals surface area contributed by atoms with Crippen molar-refractivity contribution in [3.8, 4) is 0 Å². The highest BCUT2D eigenvalue weighted by atomic mass is 16.5. The summed E-state index contributed by atoms with van der Waals surface area (Å²) in [6, 6.07) is 7.35. The van der Waals surface area contributed by atoms with Gasteiger partial charge >= 0.3 is 11.9 Å².